The molecule has 0 fully saturated rings. The van der Waals surface area contributed by atoms with Crippen molar-refractivity contribution in [1.82, 2.24) is 14.1 Å². The molecule has 13 heavy (non-hydrogen) atoms. The number of nitrogens with zero attached hydrogens (tertiary/aromatic N) is 3. The van der Waals surface area contributed by atoms with Crippen LogP contribution in [0.25, 0.3) is 0 Å². The molecule has 1 aromatic rings. The molecule has 0 unspecified atom stereocenters. The van der Waals surface area contributed by atoms with Crippen LogP contribution < -0.4 is 0 Å². The zero-order valence-electron chi connectivity index (χ0n) is 6.94. The lowest BCUT2D eigenvalue weighted by molar-refractivity contribution is 0.414. The number of hydrogen-bond acceptors (Lipinski definition) is 3. The minimum atomic E-state index is -3.15. The number of hydrogen-bond donors (Lipinski definition) is 0. The Morgan fingerprint density at radius 2 is 2.31 bits per heavy atom. The normalized spacial score (nSPS) is 21.4. The fraction of sp³-hybridized carbons (Fsp3) is 0.500. The smallest absolute Gasteiger partial charge is 0.234 e. The van der Waals surface area contributed by atoms with E-state index in [1.54, 1.807) is 7.05 Å². The van der Waals surface area contributed by atoms with Gasteiger partial charge in [0.15, 0.2) is 5.88 Å². The molecule has 0 radical (unpaired) electrons. The Morgan fingerprint density at radius 3 is 3.00 bits per heavy atom. The Hall–Kier alpha value is -0.400. The van der Waals surface area contributed by atoms with Gasteiger partial charge in [-0.15, -0.1) is 0 Å². The van der Waals surface area contributed by atoms with Crippen LogP contribution in [0.2, 0.25) is 0 Å². The van der Waals surface area contributed by atoms with Crippen molar-refractivity contribution in [1.29, 1.82) is 0 Å². The highest BCUT2D eigenvalue weighted by atomic mass is 79.9. The van der Waals surface area contributed by atoms with Crippen molar-refractivity contribution < 1.29 is 8.42 Å². The summed E-state index contributed by atoms with van der Waals surface area (Å²) in [7, 11) is -1.58. The van der Waals surface area contributed by atoms with E-state index in [1.807, 2.05) is 6.07 Å². The molecule has 2 rings (SSSR count). The van der Waals surface area contributed by atoms with Crippen molar-refractivity contribution >= 4 is 26.0 Å². The van der Waals surface area contributed by atoms with Crippen LogP contribution in [-0.4, -0.2) is 29.6 Å². The van der Waals surface area contributed by atoms with Crippen LogP contribution in [0.5, 0.6) is 0 Å². The maximum atomic E-state index is 11.4. The molecule has 0 aromatic carbocycles. The lowest BCUT2D eigenvalue weighted by Crippen LogP contribution is -2.35. The summed E-state index contributed by atoms with van der Waals surface area (Å²) >= 11 is 3.20. The van der Waals surface area contributed by atoms with Gasteiger partial charge in [-0.05, 0) is 22.0 Å². The second-order valence-electron chi connectivity index (χ2n) is 2.95. The van der Waals surface area contributed by atoms with Gasteiger partial charge in [-0.2, -0.15) is 9.40 Å². The molecular formula is C6H8BrN3O2S. The molecule has 0 aliphatic carbocycles. The fourth-order valence-corrected chi connectivity index (χ4v) is 2.75. The second-order valence-corrected chi connectivity index (χ2v) is 5.81. The lowest BCUT2D eigenvalue weighted by atomic mass is 10.4. The van der Waals surface area contributed by atoms with Crippen LogP contribution in [0, 0.1) is 0 Å². The lowest BCUT2D eigenvalue weighted by Gasteiger charge is -2.22. The van der Waals surface area contributed by atoms with Gasteiger partial charge >= 0.3 is 0 Å². The van der Waals surface area contributed by atoms with Crippen LogP contribution in [0.15, 0.2) is 10.7 Å². The van der Waals surface area contributed by atoms with Gasteiger partial charge < -0.3 is 0 Å². The molecule has 72 valence electrons. The first-order valence-corrected chi connectivity index (χ1v) is 6.05. The van der Waals surface area contributed by atoms with Gasteiger partial charge in [0.25, 0.3) is 0 Å². The Balaban J connectivity index is 2.50. The minimum Gasteiger partial charge on any atom is -0.250 e. The number of sulfonamides is 1. The zero-order chi connectivity index (χ0) is 9.64. The quantitative estimate of drug-likeness (QED) is 0.682. The third kappa shape index (κ3) is 1.51. The molecule has 0 N–H and O–H groups in total. The van der Waals surface area contributed by atoms with E-state index in [0.29, 0.717) is 11.1 Å². The molecular weight excluding hydrogens is 258 g/mol. The summed E-state index contributed by atoms with van der Waals surface area (Å²) < 4.78 is 26.3. The van der Waals surface area contributed by atoms with Crippen molar-refractivity contribution in [3.8, 4) is 0 Å². The number of aromatic nitrogens is 2. The summed E-state index contributed by atoms with van der Waals surface area (Å²) in [6.07, 6.45) is 0. The molecule has 1 aliphatic rings. The highest BCUT2D eigenvalue weighted by Gasteiger charge is 2.27. The Morgan fingerprint density at radius 1 is 1.62 bits per heavy atom. The number of halogens is 1. The molecule has 0 bridgehead atoms. The van der Waals surface area contributed by atoms with E-state index in [-0.39, 0.29) is 5.88 Å². The van der Waals surface area contributed by atoms with E-state index in [4.69, 9.17) is 0 Å². The summed E-state index contributed by atoms with van der Waals surface area (Å²) in [6.45, 7) is 0.390. The third-order valence-electron chi connectivity index (χ3n) is 1.98. The van der Waals surface area contributed by atoms with Gasteiger partial charge in [0.2, 0.25) is 10.0 Å². The second kappa shape index (κ2) is 2.79. The monoisotopic (exact) mass is 265 g/mol. The molecule has 0 saturated heterocycles. The molecule has 0 spiro atoms. The first kappa shape index (κ1) is 9.17. The maximum Gasteiger partial charge on any atom is 0.234 e. The minimum absolute atomic E-state index is 0.0650. The highest BCUT2D eigenvalue weighted by Crippen LogP contribution is 2.19. The highest BCUT2D eigenvalue weighted by molar-refractivity contribution is 9.10. The standard InChI is InChI=1S/C6H8BrN3O2S/c1-9-3-5-2-6(7)8-10(5)4-13(9,11)12/h2H,3-4H2,1H3. The van der Waals surface area contributed by atoms with Gasteiger partial charge in [0.1, 0.15) is 4.60 Å². The summed E-state index contributed by atoms with van der Waals surface area (Å²) in [5.74, 6) is -0.0650. The third-order valence-corrected chi connectivity index (χ3v) is 4.02. The van der Waals surface area contributed by atoms with Crippen LogP contribution in [-0.2, 0) is 22.4 Å². The van der Waals surface area contributed by atoms with Crippen LogP contribution >= 0.6 is 15.9 Å². The summed E-state index contributed by atoms with van der Waals surface area (Å²) in [4.78, 5) is 0. The van der Waals surface area contributed by atoms with E-state index in [2.05, 4.69) is 21.0 Å². The van der Waals surface area contributed by atoms with Crippen molar-refractivity contribution in [2.45, 2.75) is 12.4 Å². The van der Waals surface area contributed by atoms with Crippen molar-refractivity contribution in [2.24, 2.45) is 0 Å². The van der Waals surface area contributed by atoms with E-state index in [0.717, 1.165) is 5.69 Å². The molecule has 0 saturated carbocycles. The van der Waals surface area contributed by atoms with Crippen molar-refractivity contribution in [3.63, 3.8) is 0 Å². The fourth-order valence-electron chi connectivity index (χ4n) is 1.24. The van der Waals surface area contributed by atoms with Gasteiger partial charge in [-0.1, -0.05) is 0 Å². The molecule has 0 atom stereocenters. The molecule has 1 aliphatic heterocycles. The van der Waals surface area contributed by atoms with Crippen LogP contribution in [0.1, 0.15) is 5.69 Å². The van der Waals surface area contributed by atoms with Gasteiger partial charge in [0.05, 0.1) is 12.2 Å². The number of rotatable bonds is 0. The average Bonchev–Trinajstić information content (AvgIpc) is 2.29. The topological polar surface area (TPSA) is 55.2 Å². The Kier molecular flexibility index (Phi) is 1.97. The van der Waals surface area contributed by atoms with Crippen LogP contribution in [0.4, 0.5) is 0 Å². The van der Waals surface area contributed by atoms with Crippen LogP contribution in [0.3, 0.4) is 0 Å². The summed E-state index contributed by atoms with van der Waals surface area (Å²) in [5.41, 5.74) is 0.907. The Labute approximate surface area is 84.5 Å². The predicted molar refractivity (Wildman–Crippen MR) is 50.3 cm³/mol. The molecule has 2 heterocycles. The van der Waals surface area contributed by atoms with Crippen molar-refractivity contribution in [3.05, 3.63) is 16.4 Å². The molecule has 0 amide bonds. The van der Waals surface area contributed by atoms with Crippen molar-refractivity contribution in [2.75, 3.05) is 7.05 Å². The first-order chi connectivity index (χ1) is 5.99. The van der Waals surface area contributed by atoms with Gasteiger partial charge in [-0.3, -0.25) is 4.68 Å². The summed E-state index contributed by atoms with van der Waals surface area (Å²) in [5, 5.41) is 4.01. The zero-order valence-corrected chi connectivity index (χ0v) is 9.34. The SMILES string of the molecule is CN1Cc2cc(Br)nn2CS1(=O)=O. The van der Waals surface area contributed by atoms with E-state index >= 15 is 0 Å². The van der Waals surface area contributed by atoms with E-state index in [9.17, 15) is 8.42 Å². The van der Waals surface area contributed by atoms with Gasteiger partial charge in [-0.25, -0.2) is 8.42 Å². The average molecular weight is 266 g/mol. The first-order valence-electron chi connectivity index (χ1n) is 3.65. The largest absolute Gasteiger partial charge is 0.250 e. The Bertz CT molecular complexity index is 439. The molecule has 1 aromatic heterocycles. The van der Waals surface area contributed by atoms with Gasteiger partial charge in [0, 0.05) is 7.05 Å². The number of fused-ring (bicyclic) bond motifs is 1. The molecule has 7 heteroatoms. The van der Waals surface area contributed by atoms with E-state index < -0.39 is 10.0 Å². The predicted octanol–water partition coefficient (Wildman–Crippen LogP) is 0.378. The molecule has 5 nitrogen and oxygen atoms in total. The maximum absolute atomic E-state index is 11.4. The summed E-state index contributed by atoms with van der Waals surface area (Å²) in [6, 6.07) is 1.82. The van der Waals surface area contributed by atoms with E-state index in [1.165, 1.54) is 8.99 Å².